The van der Waals surface area contributed by atoms with Gasteiger partial charge in [0.2, 0.25) is 0 Å². The van der Waals surface area contributed by atoms with E-state index in [9.17, 15) is 9.59 Å². The molecule has 0 aliphatic carbocycles. The number of aromatic nitrogens is 2. The van der Waals surface area contributed by atoms with E-state index in [4.69, 9.17) is 4.74 Å². The molecule has 2 aromatic carbocycles. The van der Waals surface area contributed by atoms with E-state index >= 15 is 0 Å². The van der Waals surface area contributed by atoms with E-state index in [2.05, 4.69) is 69.8 Å². The summed E-state index contributed by atoms with van der Waals surface area (Å²) in [5.41, 5.74) is 8.15. The average Bonchev–Trinajstić information content (AvgIpc) is 3.34. The molecule has 1 aliphatic rings. The molecule has 5 rings (SSSR count). The van der Waals surface area contributed by atoms with Gasteiger partial charge < -0.3 is 14.6 Å². The summed E-state index contributed by atoms with van der Waals surface area (Å²) >= 11 is 0. The molecular formula is C34H38N4O3. The van der Waals surface area contributed by atoms with E-state index in [0.29, 0.717) is 11.2 Å². The lowest BCUT2D eigenvalue weighted by Gasteiger charge is -2.32. The summed E-state index contributed by atoms with van der Waals surface area (Å²) in [5.74, 6) is -0.432. The molecule has 4 aromatic rings. The third-order valence-electron chi connectivity index (χ3n) is 7.70. The van der Waals surface area contributed by atoms with Crippen molar-refractivity contribution in [2.45, 2.75) is 39.8 Å². The molecule has 1 N–H and O–H groups in total. The lowest BCUT2D eigenvalue weighted by molar-refractivity contribution is -0.114. The summed E-state index contributed by atoms with van der Waals surface area (Å²) in [5, 5.41) is 0.824. The SMILES string of the molecule is C=CC(=O)Cc1cc(-c2c(-c3ccc(CN4CCN(C)CC4)cc3)[nH]c3ncc(C(=O)OC(C)C)cc23)ccc1C. The number of allylic oxidation sites excluding steroid dienone is 1. The van der Waals surface area contributed by atoms with E-state index in [1.54, 1.807) is 6.20 Å². The molecule has 0 saturated carbocycles. The van der Waals surface area contributed by atoms with E-state index in [-0.39, 0.29) is 18.3 Å². The van der Waals surface area contributed by atoms with Crippen molar-refractivity contribution in [1.82, 2.24) is 19.8 Å². The summed E-state index contributed by atoms with van der Waals surface area (Å²) in [7, 11) is 2.17. The summed E-state index contributed by atoms with van der Waals surface area (Å²) < 4.78 is 5.45. The zero-order valence-corrected chi connectivity index (χ0v) is 24.4. The molecule has 0 spiro atoms. The number of hydrogen-bond acceptors (Lipinski definition) is 6. The largest absolute Gasteiger partial charge is 0.459 e. The van der Waals surface area contributed by atoms with Crippen molar-refractivity contribution in [2.24, 2.45) is 0 Å². The maximum absolute atomic E-state index is 12.8. The minimum absolute atomic E-state index is 0.0271. The third-order valence-corrected chi connectivity index (χ3v) is 7.70. The van der Waals surface area contributed by atoms with Crippen LogP contribution < -0.4 is 0 Å². The number of rotatable bonds is 9. The highest BCUT2D eigenvalue weighted by molar-refractivity contribution is 6.05. The van der Waals surface area contributed by atoms with Crippen LogP contribution in [0.2, 0.25) is 0 Å². The van der Waals surface area contributed by atoms with Crippen molar-refractivity contribution in [3.8, 4) is 22.4 Å². The second-order valence-corrected chi connectivity index (χ2v) is 11.2. The van der Waals surface area contributed by atoms with Crippen LogP contribution in [0.1, 0.15) is 40.9 Å². The lowest BCUT2D eigenvalue weighted by atomic mass is 9.93. The van der Waals surface area contributed by atoms with E-state index in [0.717, 1.165) is 71.6 Å². The van der Waals surface area contributed by atoms with Gasteiger partial charge in [-0.1, -0.05) is 49.0 Å². The van der Waals surface area contributed by atoms with Gasteiger partial charge >= 0.3 is 5.97 Å². The molecule has 0 unspecified atom stereocenters. The minimum Gasteiger partial charge on any atom is -0.459 e. The maximum Gasteiger partial charge on any atom is 0.339 e. The number of nitrogens with zero attached hydrogens (tertiary/aromatic N) is 3. The van der Waals surface area contributed by atoms with Gasteiger partial charge in [-0.05, 0) is 67.8 Å². The fourth-order valence-corrected chi connectivity index (χ4v) is 5.30. The van der Waals surface area contributed by atoms with Crippen LogP contribution >= 0.6 is 0 Å². The summed E-state index contributed by atoms with van der Waals surface area (Å²) in [6.45, 7) is 14.5. The molecule has 7 nitrogen and oxygen atoms in total. The molecule has 3 heterocycles. The monoisotopic (exact) mass is 550 g/mol. The first-order valence-electron chi connectivity index (χ1n) is 14.2. The zero-order chi connectivity index (χ0) is 29.1. The fourth-order valence-electron chi connectivity index (χ4n) is 5.30. The highest BCUT2D eigenvalue weighted by Crippen LogP contribution is 2.39. The number of likely N-dealkylation sites (N-methyl/N-ethyl adjacent to an activating group) is 1. The van der Waals surface area contributed by atoms with Gasteiger partial charge in [0, 0.05) is 56.3 Å². The number of esters is 1. The van der Waals surface area contributed by atoms with Gasteiger partial charge in [-0.15, -0.1) is 0 Å². The molecule has 0 atom stereocenters. The van der Waals surface area contributed by atoms with Gasteiger partial charge in [0.25, 0.3) is 0 Å². The van der Waals surface area contributed by atoms with Gasteiger partial charge in [0.15, 0.2) is 5.78 Å². The molecule has 1 fully saturated rings. The average molecular weight is 551 g/mol. The molecule has 7 heteroatoms. The van der Waals surface area contributed by atoms with Gasteiger partial charge in [0.1, 0.15) is 5.65 Å². The first-order valence-corrected chi connectivity index (χ1v) is 14.2. The van der Waals surface area contributed by atoms with Crippen LogP contribution in [0.5, 0.6) is 0 Å². The fraction of sp³-hybridized carbons (Fsp3) is 0.324. The Bertz CT molecular complexity index is 1580. The smallest absolute Gasteiger partial charge is 0.339 e. The second-order valence-electron chi connectivity index (χ2n) is 11.2. The Morgan fingerprint density at radius 2 is 1.76 bits per heavy atom. The van der Waals surface area contributed by atoms with E-state index in [1.807, 2.05) is 32.9 Å². The van der Waals surface area contributed by atoms with Crippen LogP contribution in [-0.4, -0.2) is 70.9 Å². The highest BCUT2D eigenvalue weighted by Gasteiger charge is 2.20. The topological polar surface area (TPSA) is 78.5 Å². The zero-order valence-electron chi connectivity index (χ0n) is 24.4. The minimum atomic E-state index is -0.405. The van der Waals surface area contributed by atoms with Gasteiger partial charge in [-0.25, -0.2) is 9.78 Å². The molecular weight excluding hydrogens is 512 g/mol. The Morgan fingerprint density at radius 1 is 1.05 bits per heavy atom. The van der Waals surface area contributed by atoms with Crippen LogP contribution in [0.3, 0.4) is 0 Å². The molecule has 212 valence electrons. The van der Waals surface area contributed by atoms with Crippen molar-refractivity contribution in [3.63, 3.8) is 0 Å². The number of ether oxygens (including phenoxy) is 1. The molecule has 2 aromatic heterocycles. The van der Waals surface area contributed by atoms with Gasteiger partial charge in [-0.3, -0.25) is 9.69 Å². The maximum atomic E-state index is 12.8. The number of carbonyl (C=O) groups excluding carboxylic acids is 2. The molecule has 1 aliphatic heterocycles. The molecule has 0 amide bonds. The Balaban J connectivity index is 1.58. The van der Waals surface area contributed by atoms with Gasteiger partial charge in [0.05, 0.1) is 17.4 Å². The Labute approximate surface area is 241 Å². The number of pyridine rings is 1. The molecule has 1 saturated heterocycles. The number of piperazine rings is 1. The third kappa shape index (κ3) is 6.47. The summed E-state index contributed by atoms with van der Waals surface area (Å²) in [6.07, 6.45) is 2.97. The number of carbonyl (C=O) groups is 2. The van der Waals surface area contributed by atoms with Crippen LogP contribution in [0.4, 0.5) is 0 Å². The summed E-state index contributed by atoms with van der Waals surface area (Å²) in [6, 6.07) is 16.7. The van der Waals surface area contributed by atoms with E-state index < -0.39 is 5.97 Å². The second kappa shape index (κ2) is 12.2. The number of hydrogen-bond donors (Lipinski definition) is 1. The first kappa shape index (κ1) is 28.5. The van der Waals surface area contributed by atoms with Gasteiger partial charge in [-0.2, -0.15) is 0 Å². The van der Waals surface area contributed by atoms with Crippen LogP contribution in [-0.2, 0) is 22.5 Å². The number of aromatic amines is 1. The molecule has 41 heavy (non-hydrogen) atoms. The van der Waals surface area contributed by atoms with Crippen molar-refractivity contribution in [3.05, 3.63) is 89.6 Å². The number of ketones is 1. The number of aryl methyl sites for hydroxylation is 1. The Morgan fingerprint density at radius 3 is 2.44 bits per heavy atom. The Kier molecular flexibility index (Phi) is 8.47. The first-order chi connectivity index (χ1) is 19.7. The van der Waals surface area contributed by atoms with Crippen molar-refractivity contribution < 1.29 is 14.3 Å². The predicted molar refractivity (Wildman–Crippen MR) is 164 cm³/mol. The lowest BCUT2D eigenvalue weighted by Crippen LogP contribution is -2.43. The Hall–Kier alpha value is -4.07. The standard InChI is InChI=1S/C34H38N4O3/c1-6-29(39)18-27-17-26(10-7-23(27)4)31-30-19-28(34(40)41-22(2)3)20-35-33(30)36-32(31)25-11-8-24(9-12-25)21-38-15-13-37(5)14-16-38/h6-12,17,19-20,22H,1,13-16,18,21H2,2-5H3,(H,35,36). The molecule has 0 bridgehead atoms. The quantitative estimate of drug-likeness (QED) is 0.209. The number of H-pyrrole nitrogens is 1. The van der Waals surface area contributed by atoms with E-state index in [1.165, 1.54) is 11.6 Å². The number of fused-ring (bicyclic) bond motifs is 1. The number of benzene rings is 2. The normalized spacial score (nSPS) is 14.5. The van der Waals surface area contributed by atoms with Crippen molar-refractivity contribution >= 4 is 22.8 Å². The highest BCUT2D eigenvalue weighted by atomic mass is 16.5. The molecule has 0 radical (unpaired) electrons. The van der Waals surface area contributed by atoms with Crippen LogP contribution in [0.25, 0.3) is 33.4 Å². The predicted octanol–water partition coefficient (Wildman–Crippen LogP) is 5.82. The van der Waals surface area contributed by atoms with Crippen LogP contribution in [0, 0.1) is 6.92 Å². The van der Waals surface area contributed by atoms with Crippen molar-refractivity contribution in [1.29, 1.82) is 0 Å². The summed E-state index contributed by atoms with van der Waals surface area (Å²) in [4.78, 5) is 38.0. The van der Waals surface area contributed by atoms with Crippen molar-refractivity contribution in [2.75, 3.05) is 33.2 Å². The van der Waals surface area contributed by atoms with Crippen LogP contribution in [0.15, 0.2) is 67.4 Å². The number of nitrogens with one attached hydrogen (secondary N) is 1.